The number of nitrogens with zero attached hydrogens (tertiary/aromatic N) is 4. The van der Waals surface area contributed by atoms with E-state index in [-0.39, 0.29) is 5.91 Å². The average Bonchev–Trinajstić information content (AvgIpc) is 3.35. The van der Waals surface area contributed by atoms with Gasteiger partial charge in [0.15, 0.2) is 5.65 Å². The van der Waals surface area contributed by atoms with Gasteiger partial charge in [0.1, 0.15) is 5.52 Å². The molecule has 1 saturated carbocycles. The molecule has 3 aromatic rings. The zero-order chi connectivity index (χ0) is 18.6. The minimum atomic E-state index is -0.131. The van der Waals surface area contributed by atoms with E-state index in [9.17, 15) is 4.79 Å². The minimum absolute atomic E-state index is 0.131. The number of fused-ring (bicyclic) bond motifs is 1. The highest BCUT2D eigenvalue weighted by molar-refractivity contribution is 5.96. The van der Waals surface area contributed by atoms with Crippen LogP contribution in [-0.2, 0) is 0 Å². The summed E-state index contributed by atoms with van der Waals surface area (Å²) in [6.07, 6.45) is 11.9. The summed E-state index contributed by atoms with van der Waals surface area (Å²) in [6.45, 7) is 3.16. The van der Waals surface area contributed by atoms with E-state index in [4.69, 9.17) is 0 Å². The van der Waals surface area contributed by atoms with Crippen molar-refractivity contribution in [1.29, 1.82) is 0 Å². The predicted molar refractivity (Wildman–Crippen MR) is 105 cm³/mol. The summed E-state index contributed by atoms with van der Waals surface area (Å²) in [5.74, 6) is -0.131. The fourth-order valence-electron chi connectivity index (χ4n) is 3.64. The summed E-state index contributed by atoms with van der Waals surface area (Å²) < 4.78 is 2.16. The number of amides is 1. The highest BCUT2D eigenvalue weighted by atomic mass is 16.1. The number of carbonyl (C=O) groups is 1. The molecule has 0 saturated heterocycles. The Kier molecular flexibility index (Phi) is 5.00. The van der Waals surface area contributed by atoms with Gasteiger partial charge in [0, 0.05) is 43.4 Å². The molecule has 7 nitrogen and oxygen atoms in total. The van der Waals surface area contributed by atoms with E-state index >= 15 is 0 Å². The number of nitrogens with one attached hydrogen (secondary N) is 2. The van der Waals surface area contributed by atoms with E-state index in [0.717, 1.165) is 22.4 Å². The molecule has 27 heavy (non-hydrogen) atoms. The Labute approximate surface area is 158 Å². The van der Waals surface area contributed by atoms with E-state index in [1.807, 2.05) is 31.6 Å². The summed E-state index contributed by atoms with van der Waals surface area (Å²) in [7, 11) is 0. The Bertz CT molecular complexity index is 945. The molecule has 0 aromatic carbocycles. The SMILES string of the molecule is Cc1cnccc1NCCNC(=O)c1cnc2c(c1)ncn2C1CCCC1. The Morgan fingerprint density at radius 2 is 2.07 bits per heavy atom. The first-order valence-electron chi connectivity index (χ1n) is 9.47. The smallest absolute Gasteiger partial charge is 0.252 e. The maximum atomic E-state index is 12.4. The number of aromatic nitrogens is 4. The standard InChI is InChI=1S/C20H24N6O/c1-14-11-21-7-6-17(14)22-8-9-23-20(27)15-10-18-19(24-12-15)26(13-25-18)16-4-2-3-5-16/h6-7,10-13,16H,2-5,8-9H2,1H3,(H,21,22)(H,23,27). The zero-order valence-corrected chi connectivity index (χ0v) is 15.5. The third kappa shape index (κ3) is 3.77. The number of carbonyl (C=O) groups excluding carboxylic acids is 1. The Balaban J connectivity index is 1.36. The maximum absolute atomic E-state index is 12.4. The fraction of sp³-hybridized carbons (Fsp3) is 0.400. The van der Waals surface area contributed by atoms with Gasteiger partial charge in [0.2, 0.25) is 0 Å². The lowest BCUT2D eigenvalue weighted by Crippen LogP contribution is -2.29. The van der Waals surface area contributed by atoms with Gasteiger partial charge in [-0.3, -0.25) is 9.78 Å². The van der Waals surface area contributed by atoms with Gasteiger partial charge >= 0.3 is 0 Å². The van der Waals surface area contributed by atoms with Crippen molar-refractivity contribution in [3.8, 4) is 0 Å². The lowest BCUT2D eigenvalue weighted by atomic mass is 10.2. The van der Waals surface area contributed by atoms with Crippen molar-refractivity contribution >= 4 is 22.8 Å². The molecule has 3 heterocycles. The van der Waals surface area contributed by atoms with E-state index in [1.54, 1.807) is 12.4 Å². The third-order valence-corrected chi connectivity index (χ3v) is 5.14. The molecule has 1 amide bonds. The molecule has 1 fully saturated rings. The first-order chi connectivity index (χ1) is 13.2. The monoisotopic (exact) mass is 364 g/mol. The van der Waals surface area contributed by atoms with Crippen molar-refractivity contribution in [2.75, 3.05) is 18.4 Å². The number of pyridine rings is 2. The van der Waals surface area contributed by atoms with Crippen molar-refractivity contribution in [2.24, 2.45) is 0 Å². The number of hydrogen-bond donors (Lipinski definition) is 2. The third-order valence-electron chi connectivity index (χ3n) is 5.14. The van der Waals surface area contributed by atoms with Crippen LogP contribution >= 0.6 is 0 Å². The van der Waals surface area contributed by atoms with Crippen molar-refractivity contribution in [1.82, 2.24) is 24.8 Å². The largest absolute Gasteiger partial charge is 0.383 e. The number of aryl methyl sites for hydroxylation is 1. The zero-order valence-electron chi connectivity index (χ0n) is 15.5. The lowest BCUT2D eigenvalue weighted by molar-refractivity contribution is 0.0955. The van der Waals surface area contributed by atoms with Crippen LogP contribution < -0.4 is 10.6 Å². The second-order valence-electron chi connectivity index (χ2n) is 7.03. The van der Waals surface area contributed by atoms with E-state index in [1.165, 1.54) is 25.7 Å². The molecular weight excluding hydrogens is 340 g/mol. The molecule has 140 valence electrons. The second-order valence-corrected chi connectivity index (χ2v) is 7.03. The topological polar surface area (TPSA) is 84.7 Å². The van der Waals surface area contributed by atoms with Gasteiger partial charge in [-0.05, 0) is 37.5 Å². The molecule has 3 aromatic heterocycles. The normalized spacial score (nSPS) is 14.6. The van der Waals surface area contributed by atoms with Crippen LogP contribution in [0.15, 0.2) is 37.1 Å². The van der Waals surface area contributed by atoms with Crippen LogP contribution in [0, 0.1) is 6.92 Å². The molecule has 1 aliphatic rings. The van der Waals surface area contributed by atoms with Crippen LogP contribution in [0.4, 0.5) is 5.69 Å². The van der Waals surface area contributed by atoms with Crippen LogP contribution in [0.25, 0.3) is 11.2 Å². The first kappa shape index (κ1) is 17.5. The van der Waals surface area contributed by atoms with Crippen molar-refractivity contribution < 1.29 is 4.79 Å². The first-order valence-corrected chi connectivity index (χ1v) is 9.47. The maximum Gasteiger partial charge on any atom is 0.252 e. The summed E-state index contributed by atoms with van der Waals surface area (Å²) in [5, 5.41) is 6.22. The predicted octanol–water partition coefficient (Wildman–Crippen LogP) is 3.09. The highest BCUT2D eigenvalue weighted by Crippen LogP contribution is 2.31. The molecule has 2 N–H and O–H groups in total. The fourth-order valence-corrected chi connectivity index (χ4v) is 3.64. The molecule has 0 bridgehead atoms. The Hall–Kier alpha value is -2.96. The molecular formula is C20H24N6O. The molecule has 0 aliphatic heterocycles. The van der Waals surface area contributed by atoms with Gasteiger partial charge in [-0.1, -0.05) is 12.8 Å². The number of hydrogen-bond acceptors (Lipinski definition) is 5. The molecule has 7 heteroatoms. The van der Waals surface area contributed by atoms with E-state index in [2.05, 4.69) is 30.2 Å². The van der Waals surface area contributed by atoms with Crippen LogP contribution in [0.2, 0.25) is 0 Å². The molecule has 4 rings (SSSR count). The van der Waals surface area contributed by atoms with Gasteiger partial charge in [0.05, 0.1) is 11.9 Å². The van der Waals surface area contributed by atoms with E-state index < -0.39 is 0 Å². The van der Waals surface area contributed by atoms with Gasteiger partial charge in [-0.2, -0.15) is 0 Å². The van der Waals surface area contributed by atoms with Gasteiger partial charge < -0.3 is 15.2 Å². The summed E-state index contributed by atoms with van der Waals surface area (Å²) in [5.41, 5.74) is 4.30. The number of rotatable bonds is 6. The number of imidazole rings is 1. The Morgan fingerprint density at radius 3 is 2.89 bits per heavy atom. The van der Waals surface area contributed by atoms with E-state index in [0.29, 0.717) is 24.7 Å². The molecule has 0 atom stereocenters. The molecule has 0 radical (unpaired) electrons. The minimum Gasteiger partial charge on any atom is -0.383 e. The van der Waals surface area contributed by atoms with Crippen LogP contribution in [0.1, 0.15) is 47.6 Å². The number of anilines is 1. The second kappa shape index (κ2) is 7.73. The van der Waals surface area contributed by atoms with Crippen molar-refractivity contribution in [3.05, 3.63) is 48.2 Å². The van der Waals surface area contributed by atoms with Crippen LogP contribution in [0.5, 0.6) is 0 Å². The lowest BCUT2D eigenvalue weighted by Gasteiger charge is -2.11. The summed E-state index contributed by atoms with van der Waals surface area (Å²) in [6, 6.07) is 4.24. The average molecular weight is 364 g/mol. The van der Waals surface area contributed by atoms with Crippen LogP contribution in [-0.4, -0.2) is 38.5 Å². The highest BCUT2D eigenvalue weighted by Gasteiger charge is 2.20. The van der Waals surface area contributed by atoms with Gasteiger partial charge in [-0.15, -0.1) is 0 Å². The molecule has 1 aliphatic carbocycles. The summed E-state index contributed by atoms with van der Waals surface area (Å²) >= 11 is 0. The van der Waals surface area contributed by atoms with Crippen molar-refractivity contribution in [2.45, 2.75) is 38.6 Å². The molecule has 0 spiro atoms. The van der Waals surface area contributed by atoms with Crippen molar-refractivity contribution in [3.63, 3.8) is 0 Å². The Morgan fingerprint density at radius 1 is 1.22 bits per heavy atom. The summed E-state index contributed by atoms with van der Waals surface area (Å²) in [4.78, 5) is 25.4. The van der Waals surface area contributed by atoms with Crippen LogP contribution in [0.3, 0.4) is 0 Å². The quantitative estimate of drug-likeness (QED) is 0.657. The van der Waals surface area contributed by atoms with Gasteiger partial charge in [0.25, 0.3) is 5.91 Å². The van der Waals surface area contributed by atoms with Gasteiger partial charge in [-0.25, -0.2) is 9.97 Å². The molecule has 0 unspecified atom stereocenters.